The molecule has 1 aromatic carbocycles. The van der Waals surface area contributed by atoms with Crippen LogP contribution < -0.4 is 14.8 Å². The summed E-state index contributed by atoms with van der Waals surface area (Å²) >= 11 is 3.34. The van der Waals surface area contributed by atoms with Crippen LogP contribution in [-0.2, 0) is 10.0 Å². The minimum atomic E-state index is -3.43. The van der Waals surface area contributed by atoms with Crippen molar-refractivity contribution in [1.82, 2.24) is 0 Å². The smallest absolute Gasteiger partial charge is 0.260 e. The van der Waals surface area contributed by atoms with Gasteiger partial charge in [-0.15, -0.1) is 0 Å². The van der Waals surface area contributed by atoms with Crippen molar-refractivity contribution in [3.8, 4) is 5.75 Å². The highest BCUT2D eigenvalue weighted by molar-refractivity contribution is 9.10. The van der Waals surface area contributed by atoms with Crippen molar-refractivity contribution in [1.29, 1.82) is 0 Å². The molecule has 7 nitrogen and oxygen atoms in total. The Kier molecular flexibility index (Phi) is 5.79. The molecule has 1 heterocycles. The molecular formula is C16H19BrN2O5S. The summed E-state index contributed by atoms with van der Waals surface area (Å²) in [6.07, 6.45) is 0. The molecular weight excluding hydrogens is 412 g/mol. The number of rotatable bonds is 6. The van der Waals surface area contributed by atoms with Crippen molar-refractivity contribution in [2.45, 2.75) is 20.8 Å². The minimum Gasteiger partial charge on any atom is -0.494 e. The zero-order valence-electron chi connectivity index (χ0n) is 14.3. The lowest BCUT2D eigenvalue weighted by Gasteiger charge is -2.13. The third-order valence-electron chi connectivity index (χ3n) is 3.52. The number of nitrogens with one attached hydrogen (secondary N) is 2. The van der Waals surface area contributed by atoms with Crippen LogP contribution in [0, 0.1) is 13.8 Å². The maximum absolute atomic E-state index is 12.5. The number of carbonyl (C=O) groups is 1. The second-order valence-electron chi connectivity index (χ2n) is 5.28. The molecule has 0 aliphatic rings. The summed E-state index contributed by atoms with van der Waals surface area (Å²) in [5.41, 5.74) is 1.18. The first-order chi connectivity index (χ1) is 11.7. The fourth-order valence-corrected chi connectivity index (χ4v) is 3.39. The Labute approximate surface area is 154 Å². The molecule has 0 spiro atoms. The molecule has 25 heavy (non-hydrogen) atoms. The van der Waals surface area contributed by atoms with E-state index in [1.54, 1.807) is 26.0 Å². The molecule has 1 amide bonds. The predicted molar refractivity (Wildman–Crippen MR) is 99.9 cm³/mol. The van der Waals surface area contributed by atoms with E-state index in [2.05, 4.69) is 26.0 Å². The molecule has 0 unspecified atom stereocenters. The maximum Gasteiger partial charge on any atom is 0.260 e. The third kappa shape index (κ3) is 4.35. The van der Waals surface area contributed by atoms with Crippen LogP contribution in [0.3, 0.4) is 0 Å². The van der Waals surface area contributed by atoms with Crippen molar-refractivity contribution in [2.75, 3.05) is 22.9 Å². The zero-order chi connectivity index (χ0) is 18.8. The molecule has 2 N–H and O–H groups in total. The van der Waals surface area contributed by atoms with E-state index in [1.165, 1.54) is 20.1 Å². The fourth-order valence-electron chi connectivity index (χ4n) is 2.20. The summed E-state index contributed by atoms with van der Waals surface area (Å²) in [5.74, 6) is 1.02. The van der Waals surface area contributed by atoms with Gasteiger partial charge in [-0.2, -0.15) is 0 Å². The van der Waals surface area contributed by atoms with Gasteiger partial charge in [0, 0.05) is 11.8 Å². The second-order valence-corrected chi connectivity index (χ2v) is 8.08. The third-order valence-corrected chi connectivity index (χ3v) is 5.76. The Balaban J connectivity index is 2.27. The van der Waals surface area contributed by atoms with Gasteiger partial charge in [-0.3, -0.25) is 9.52 Å². The number of furan rings is 1. The fraction of sp³-hybridized carbons (Fsp3) is 0.312. The summed E-state index contributed by atoms with van der Waals surface area (Å²) < 4.78 is 37.1. The topological polar surface area (TPSA) is 97.6 Å². The number of methoxy groups -OCH3 is 1. The van der Waals surface area contributed by atoms with Gasteiger partial charge in [-0.05, 0) is 48.8 Å². The van der Waals surface area contributed by atoms with Gasteiger partial charge < -0.3 is 14.5 Å². The lowest BCUT2D eigenvalue weighted by Crippen LogP contribution is -2.16. The molecule has 2 rings (SSSR count). The molecule has 136 valence electrons. The predicted octanol–water partition coefficient (Wildman–Crippen LogP) is 3.68. The SMILES string of the molecule is CCS(=O)(=O)Nc1ccc(NC(=O)c2c(C)oc(C)c2Br)cc1OC. The first-order valence-electron chi connectivity index (χ1n) is 7.44. The minimum absolute atomic E-state index is 0.0538. The van der Waals surface area contributed by atoms with Gasteiger partial charge in [-0.1, -0.05) is 0 Å². The molecule has 0 saturated heterocycles. The maximum atomic E-state index is 12.5. The standard InChI is InChI=1S/C16H19BrN2O5S/c1-5-25(21,22)19-12-7-6-11(8-13(12)23-4)18-16(20)14-9(2)24-10(3)15(14)17/h6-8,19H,5H2,1-4H3,(H,18,20). The van der Waals surface area contributed by atoms with Crippen LogP contribution in [0.5, 0.6) is 5.75 Å². The van der Waals surface area contributed by atoms with E-state index < -0.39 is 10.0 Å². The molecule has 0 aliphatic carbocycles. The van der Waals surface area contributed by atoms with Crippen LogP contribution >= 0.6 is 15.9 Å². The zero-order valence-corrected chi connectivity index (χ0v) is 16.7. The average Bonchev–Trinajstić information content (AvgIpc) is 2.81. The van der Waals surface area contributed by atoms with E-state index in [1.807, 2.05) is 0 Å². The van der Waals surface area contributed by atoms with Crippen LogP contribution in [0.4, 0.5) is 11.4 Å². The molecule has 0 aliphatic heterocycles. The first kappa shape index (κ1) is 19.3. The Morgan fingerprint density at radius 1 is 1.28 bits per heavy atom. The summed E-state index contributed by atoms with van der Waals surface area (Å²) in [4.78, 5) is 12.5. The van der Waals surface area contributed by atoms with Gasteiger partial charge in [0.1, 0.15) is 17.3 Å². The number of amides is 1. The van der Waals surface area contributed by atoms with Crippen LogP contribution in [0.25, 0.3) is 0 Å². The Morgan fingerprint density at radius 2 is 1.96 bits per heavy atom. The number of ether oxygens (including phenoxy) is 1. The quantitative estimate of drug-likeness (QED) is 0.727. The molecule has 0 atom stereocenters. The van der Waals surface area contributed by atoms with E-state index in [0.717, 1.165) is 0 Å². The Morgan fingerprint density at radius 3 is 2.48 bits per heavy atom. The second kappa shape index (κ2) is 7.49. The van der Waals surface area contributed by atoms with Crippen LogP contribution in [0.1, 0.15) is 28.8 Å². The van der Waals surface area contributed by atoms with Crippen molar-refractivity contribution in [3.63, 3.8) is 0 Å². The molecule has 1 aromatic heterocycles. The van der Waals surface area contributed by atoms with Gasteiger partial charge in [0.05, 0.1) is 28.6 Å². The van der Waals surface area contributed by atoms with Crippen molar-refractivity contribution >= 4 is 43.2 Å². The number of aryl methyl sites for hydroxylation is 2. The van der Waals surface area contributed by atoms with E-state index >= 15 is 0 Å². The van der Waals surface area contributed by atoms with Gasteiger partial charge >= 0.3 is 0 Å². The van der Waals surface area contributed by atoms with Gasteiger partial charge in [-0.25, -0.2) is 8.42 Å². The van der Waals surface area contributed by atoms with Crippen molar-refractivity contribution in [3.05, 3.63) is 39.8 Å². The van der Waals surface area contributed by atoms with Crippen molar-refractivity contribution < 1.29 is 22.4 Å². The lowest BCUT2D eigenvalue weighted by molar-refractivity contribution is 0.102. The highest BCUT2D eigenvalue weighted by atomic mass is 79.9. The van der Waals surface area contributed by atoms with E-state index in [0.29, 0.717) is 38.7 Å². The number of carbonyl (C=O) groups excluding carboxylic acids is 1. The lowest BCUT2D eigenvalue weighted by atomic mass is 10.2. The number of hydrogen-bond acceptors (Lipinski definition) is 5. The van der Waals surface area contributed by atoms with Gasteiger partial charge in [0.15, 0.2) is 0 Å². The number of halogens is 1. The van der Waals surface area contributed by atoms with Gasteiger partial charge in [0.2, 0.25) is 10.0 Å². The van der Waals surface area contributed by atoms with Crippen molar-refractivity contribution in [2.24, 2.45) is 0 Å². The summed E-state index contributed by atoms with van der Waals surface area (Å²) in [6.45, 7) is 5.00. The molecule has 2 aromatic rings. The average molecular weight is 431 g/mol. The molecule has 0 bridgehead atoms. The van der Waals surface area contributed by atoms with Gasteiger partial charge in [0.25, 0.3) is 5.91 Å². The number of anilines is 2. The van der Waals surface area contributed by atoms with Crippen LogP contribution in [-0.4, -0.2) is 27.2 Å². The summed E-state index contributed by atoms with van der Waals surface area (Å²) in [7, 11) is -2.01. The van der Waals surface area contributed by atoms with E-state index in [4.69, 9.17) is 9.15 Å². The number of hydrogen-bond donors (Lipinski definition) is 2. The van der Waals surface area contributed by atoms with E-state index in [-0.39, 0.29) is 11.7 Å². The summed E-state index contributed by atoms with van der Waals surface area (Å²) in [6, 6.07) is 4.66. The number of benzene rings is 1. The van der Waals surface area contributed by atoms with E-state index in [9.17, 15) is 13.2 Å². The largest absolute Gasteiger partial charge is 0.494 e. The monoisotopic (exact) mass is 430 g/mol. The molecule has 0 fully saturated rings. The Hall–Kier alpha value is -2.00. The molecule has 0 radical (unpaired) electrons. The highest BCUT2D eigenvalue weighted by Gasteiger charge is 2.20. The first-order valence-corrected chi connectivity index (χ1v) is 9.88. The summed E-state index contributed by atoms with van der Waals surface area (Å²) in [5, 5.41) is 2.75. The van der Waals surface area contributed by atoms with Crippen LogP contribution in [0.2, 0.25) is 0 Å². The highest BCUT2D eigenvalue weighted by Crippen LogP contribution is 2.31. The molecule has 9 heteroatoms. The Bertz CT molecular complexity index is 905. The number of sulfonamides is 1. The normalized spacial score (nSPS) is 11.2. The van der Waals surface area contributed by atoms with Crippen LogP contribution in [0.15, 0.2) is 27.1 Å². The molecule has 0 saturated carbocycles.